The summed E-state index contributed by atoms with van der Waals surface area (Å²) in [4.78, 5) is 41.6. The zero-order valence-electron chi connectivity index (χ0n) is 18.3. The number of carbonyl (C=O) groups excluding carboxylic acids is 3. The molecule has 1 aromatic heterocycles. The van der Waals surface area contributed by atoms with Gasteiger partial charge in [-0.05, 0) is 50.6 Å². The average molecular weight is 431 g/mol. The second-order valence-electron chi connectivity index (χ2n) is 7.22. The van der Waals surface area contributed by atoms with Gasteiger partial charge in [-0.15, -0.1) is 0 Å². The van der Waals surface area contributed by atoms with Gasteiger partial charge in [0.15, 0.2) is 0 Å². The van der Waals surface area contributed by atoms with Crippen molar-refractivity contribution < 1.29 is 19.1 Å². The molecule has 1 heterocycles. The molecule has 0 saturated carbocycles. The first-order valence-electron chi connectivity index (χ1n) is 10.3. The van der Waals surface area contributed by atoms with Crippen molar-refractivity contribution in [1.29, 1.82) is 0 Å². The molecular weight excluding hydrogens is 406 g/mol. The van der Waals surface area contributed by atoms with Crippen molar-refractivity contribution in [2.75, 3.05) is 11.9 Å². The maximum absolute atomic E-state index is 12.7. The minimum Gasteiger partial charge on any atom is -0.462 e. The van der Waals surface area contributed by atoms with Gasteiger partial charge in [0.2, 0.25) is 0 Å². The Morgan fingerprint density at radius 1 is 0.875 bits per heavy atom. The lowest BCUT2D eigenvalue weighted by Gasteiger charge is -2.12. The number of aryl methyl sites for hydroxylation is 2. The number of anilines is 1. The molecule has 0 aliphatic heterocycles. The number of rotatable bonds is 7. The molecule has 7 nitrogen and oxygen atoms in total. The Kier molecular flexibility index (Phi) is 7.33. The highest BCUT2D eigenvalue weighted by molar-refractivity contribution is 6.08. The van der Waals surface area contributed by atoms with E-state index < -0.39 is 11.9 Å². The molecule has 2 N–H and O–H groups in total. The Bertz CT molecular complexity index is 1140. The maximum atomic E-state index is 12.7. The fourth-order valence-corrected chi connectivity index (χ4v) is 3.07. The van der Waals surface area contributed by atoms with Crippen molar-refractivity contribution in [2.24, 2.45) is 0 Å². The third kappa shape index (κ3) is 5.57. The van der Waals surface area contributed by atoms with Gasteiger partial charge in [0.25, 0.3) is 11.8 Å². The Morgan fingerprint density at radius 3 is 2.28 bits per heavy atom. The van der Waals surface area contributed by atoms with E-state index in [4.69, 9.17) is 4.74 Å². The standard InChI is InChI=1S/C25H25N3O4/c1-4-32-25(31)19-13-14-22(27-17(19)3)24(30)28-21-8-6-5-7-20(21)23(29)26-15-18-11-9-16(2)10-12-18/h5-14H,4,15H2,1-3H3,(H,26,29)(H,28,30). The van der Waals surface area contributed by atoms with Gasteiger partial charge in [0.05, 0.1) is 29.1 Å². The number of ether oxygens (including phenoxy) is 1. The van der Waals surface area contributed by atoms with Crippen LogP contribution >= 0.6 is 0 Å². The number of carbonyl (C=O) groups is 3. The summed E-state index contributed by atoms with van der Waals surface area (Å²) < 4.78 is 4.98. The van der Waals surface area contributed by atoms with Gasteiger partial charge < -0.3 is 15.4 Å². The molecule has 3 rings (SSSR count). The van der Waals surface area contributed by atoms with E-state index >= 15 is 0 Å². The van der Waals surface area contributed by atoms with E-state index in [9.17, 15) is 14.4 Å². The second-order valence-corrected chi connectivity index (χ2v) is 7.22. The lowest BCUT2D eigenvalue weighted by atomic mass is 10.1. The molecule has 164 valence electrons. The zero-order valence-corrected chi connectivity index (χ0v) is 18.3. The summed E-state index contributed by atoms with van der Waals surface area (Å²) in [5, 5.41) is 5.61. The van der Waals surface area contributed by atoms with Crippen molar-refractivity contribution in [3.8, 4) is 0 Å². The molecule has 0 unspecified atom stereocenters. The highest BCUT2D eigenvalue weighted by atomic mass is 16.5. The van der Waals surface area contributed by atoms with Crippen LogP contribution in [0.25, 0.3) is 0 Å². The van der Waals surface area contributed by atoms with E-state index in [0.29, 0.717) is 29.1 Å². The summed E-state index contributed by atoms with van der Waals surface area (Å²) in [6.07, 6.45) is 0. The van der Waals surface area contributed by atoms with E-state index in [1.807, 2.05) is 31.2 Å². The van der Waals surface area contributed by atoms with Crippen LogP contribution in [-0.4, -0.2) is 29.4 Å². The fourth-order valence-electron chi connectivity index (χ4n) is 3.07. The summed E-state index contributed by atoms with van der Waals surface area (Å²) in [5.41, 5.74) is 3.66. The Hall–Kier alpha value is -4.00. The number of nitrogens with zero attached hydrogens (tertiary/aromatic N) is 1. The lowest BCUT2D eigenvalue weighted by molar-refractivity contribution is 0.0524. The van der Waals surface area contributed by atoms with Crippen LogP contribution in [0.5, 0.6) is 0 Å². The Morgan fingerprint density at radius 2 is 1.59 bits per heavy atom. The number of aromatic nitrogens is 1. The first kappa shape index (κ1) is 22.7. The molecule has 0 spiro atoms. The van der Waals surface area contributed by atoms with E-state index in [-0.39, 0.29) is 18.2 Å². The summed E-state index contributed by atoms with van der Waals surface area (Å²) in [5.74, 6) is -1.27. The quantitative estimate of drug-likeness (QED) is 0.550. The van der Waals surface area contributed by atoms with Crippen molar-refractivity contribution in [3.05, 3.63) is 94.3 Å². The second kappa shape index (κ2) is 10.3. The zero-order chi connectivity index (χ0) is 23.1. The third-order valence-corrected chi connectivity index (χ3v) is 4.81. The lowest BCUT2D eigenvalue weighted by Crippen LogP contribution is -2.25. The minimum absolute atomic E-state index is 0.130. The number of pyridine rings is 1. The van der Waals surface area contributed by atoms with Gasteiger partial charge >= 0.3 is 5.97 Å². The number of amides is 2. The number of para-hydroxylation sites is 1. The summed E-state index contributed by atoms with van der Waals surface area (Å²) in [7, 11) is 0. The molecule has 32 heavy (non-hydrogen) atoms. The van der Waals surface area contributed by atoms with Crippen LogP contribution in [0.4, 0.5) is 5.69 Å². The number of benzene rings is 2. The van der Waals surface area contributed by atoms with Crippen molar-refractivity contribution in [3.63, 3.8) is 0 Å². The minimum atomic E-state index is -0.486. The normalized spacial score (nSPS) is 10.3. The number of hydrogen-bond acceptors (Lipinski definition) is 5. The van der Waals surface area contributed by atoms with Gasteiger partial charge in [-0.1, -0.05) is 42.0 Å². The molecule has 7 heteroatoms. The van der Waals surface area contributed by atoms with Crippen LogP contribution in [0.15, 0.2) is 60.7 Å². The van der Waals surface area contributed by atoms with Gasteiger partial charge in [-0.2, -0.15) is 0 Å². The van der Waals surface area contributed by atoms with Gasteiger partial charge in [0.1, 0.15) is 5.69 Å². The molecule has 0 aliphatic carbocycles. The van der Waals surface area contributed by atoms with Crippen molar-refractivity contribution in [1.82, 2.24) is 10.3 Å². The highest BCUT2D eigenvalue weighted by Gasteiger charge is 2.17. The van der Waals surface area contributed by atoms with Crippen LogP contribution in [0.1, 0.15) is 54.9 Å². The van der Waals surface area contributed by atoms with Crippen LogP contribution < -0.4 is 10.6 Å². The molecule has 2 aromatic carbocycles. The Labute approximate surface area is 186 Å². The maximum Gasteiger partial charge on any atom is 0.339 e. The molecular formula is C25H25N3O4. The molecule has 0 fully saturated rings. The third-order valence-electron chi connectivity index (χ3n) is 4.81. The molecule has 0 saturated heterocycles. The number of hydrogen-bond donors (Lipinski definition) is 2. The van der Waals surface area contributed by atoms with Crippen LogP contribution in [0.3, 0.4) is 0 Å². The van der Waals surface area contributed by atoms with E-state index in [0.717, 1.165) is 11.1 Å². The summed E-state index contributed by atoms with van der Waals surface area (Å²) in [6.45, 7) is 5.98. The monoisotopic (exact) mass is 431 g/mol. The van der Waals surface area contributed by atoms with Crippen molar-refractivity contribution >= 4 is 23.5 Å². The molecule has 2 amide bonds. The first-order valence-corrected chi connectivity index (χ1v) is 10.3. The number of nitrogens with one attached hydrogen (secondary N) is 2. The predicted octanol–water partition coefficient (Wildman–Crippen LogP) is 4.06. The average Bonchev–Trinajstić information content (AvgIpc) is 2.79. The van der Waals surface area contributed by atoms with Gasteiger partial charge in [0, 0.05) is 6.54 Å². The summed E-state index contributed by atoms with van der Waals surface area (Å²) in [6, 6.07) is 17.6. The van der Waals surface area contributed by atoms with Crippen LogP contribution in [0.2, 0.25) is 0 Å². The SMILES string of the molecule is CCOC(=O)c1ccc(C(=O)Nc2ccccc2C(=O)NCc2ccc(C)cc2)nc1C. The largest absolute Gasteiger partial charge is 0.462 e. The fraction of sp³-hybridized carbons (Fsp3) is 0.200. The van der Waals surface area contributed by atoms with Crippen LogP contribution in [-0.2, 0) is 11.3 Å². The van der Waals surface area contributed by atoms with Gasteiger partial charge in [-0.3, -0.25) is 9.59 Å². The van der Waals surface area contributed by atoms with Crippen LogP contribution in [0, 0.1) is 13.8 Å². The van der Waals surface area contributed by atoms with Crippen molar-refractivity contribution in [2.45, 2.75) is 27.3 Å². The predicted molar refractivity (Wildman–Crippen MR) is 122 cm³/mol. The summed E-state index contributed by atoms with van der Waals surface area (Å²) >= 11 is 0. The van der Waals surface area contributed by atoms with Gasteiger partial charge in [-0.25, -0.2) is 9.78 Å². The molecule has 0 radical (unpaired) electrons. The van der Waals surface area contributed by atoms with E-state index in [1.54, 1.807) is 38.1 Å². The Balaban J connectivity index is 1.72. The molecule has 0 atom stereocenters. The topological polar surface area (TPSA) is 97.4 Å². The van der Waals surface area contributed by atoms with E-state index in [2.05, 4.69) is 15.6 Å². The molecule has 3 aromatic rings. The van der Waals surface area contributed by atoms with E-state index in [1.165, 1.54) is 12.1 Å². The smallest absolute Gasteiger partial charge is 0.339 e. The number of esters is 1. The molecule has 0 aliphatic rings. The first-order chi connectivity index (χ1) is 15.4. The molecule has 0 bridgehead atoms. The highest BCUT2D eigenvalue weighted by Crippen LogP contribution is 2.17.